The number of aryl methyl sites for hydroxylation is 1. The van der Waals surface area contributed by atoms with E-state index < -0.39 is 0 Å². The van der Waals surface area contributed by atoms with Gasteiger partial charge >= 0.3 is 0 Å². The summed E-state index contributed by atoms with van der Waals surface area (Å²) in [6.07, 6.45) is 3.37. The van der Waals surface area contributed by atoms with Gasteiger partial charge < -0.3 is 9.64 Å². The smallest absolute Gasteiger partial charge is 0.247 e. The Bertz CT molecular complexity index is 885. The van der Waals surface area contributed by atoms with Gasteiger partial charge in [-0.25, -0.2) is 4.98 Å². The molecule has 4 nitrogen and oxygen atoms in total. The number of methoxy groups -OCH3 is 1. The fraction of sp³-hybridized carbons (Fsp3) is 0.200. The predicted molar refractivity (Wildman–Crippen MR) is 107 cm³/mol. The molecular weight excluding hydrogens is 364 g/mol. The maximum absolute atomic E-state index is 12.8. The Kier molecular flexibility index (Phi) is 6.20. The first kappa shape index (κ1) is 18.4. The first-order chi connectivity index (χ1) is 12.7. The standard InChI is InChI=1S/C20H20N2O2S2/c1-15-21-17(14-26-15)9-10-20(23)22(13-18-7-5-11-25-18)12-16-6-3-4-8-19(16)24-2/h3-11,14H,12-13H2,1-2H3. The van der Waals surface area contributed by atoms with E-state index in [0.717, 1.165) is 26.9 Å². The molecule has 0 bridgehead atoms. The number of aromatic nitrogens is 1. The molecule has 0 saturated heterocycles. The highest BCUT2D eigenvalue weighted by molar-refractivity contribution is 7.10. The van der Waals surface area contributed by atoms with Crippen LogP contribution in [0.1, 0.15) is 21.1 Å². The fourth-order valence-corrected chi connectivity index (χ4v) is 3.86. The van der Waals surface area contributed by atoms with E-state index >= 15 is 0 Å². The zero-order valence-electron chi connectivity index (χ0n) is 14.7. The van der Waals surface area contributed by atoms with Gasteiger partial charge in [0.15, 0.2) is 0 Å². The molecule has 1 amide bonds. The average molecular weight is 385 g/mol. The molecule has 0 spiro atoms. The number of thiophene rings is 1. The number of hydrogen-bond acceptors (Lipinski definition) is 5. The quantitative estimate of drug-likeness (QED) is 0.551. The van der Waals surface area contributed by atoms with Crippen molar-refractivity contribution in [2.75, 3.05) is 7.11 Å². The second-order valence-corrected chi connectivity index (χ2v) is 7.80. The monoisotopic (exact) mass is 384 g/mol. The number of para-hydroxylation sites is 1. The Labute approximate surface area is 161 Å². The molecular formula is C20H20N2O2S2. The van der Waals surface area contributed by atoms with Crippen molar-refractivity contribution in [2.24, 2.45) is 0 Å². The number of ether oxygens (including phenoxy) is 1. The van der Waals surface area contributed by atoms with Crippen LogP contribution in [0.15, 0.2) is 53.2 Å². The molecule has 134 valence electrons. The van der Waals surface area contributed by atoms with Crippen LogP contribution < -0.4 is 4.74 Å². The predicted octanol–water partition coefficient (Wildman–Crippen LogP) is 4.76. The van der Waals surface area contributed by atoms with Gasteiger partial charge in [-0.15, -0.1) is 22.7 Å². The molecule has 0 N–H and O–H groups in total. The number of amides is 1. The Morgan fingerprint density at radius 2 is 2.04 bits per heavy atom. The number of thiazole rings is 1. The van der Waals surface area contributed by atoms with Crippen LogP contribution in [0.2, 0.25) is 0 Å². The van der Waals surface area contributed by atoms with Gasteiger partial charge in [0, 0.05) is 28.4 Å². The minimum absolute atomic E-state index is 0.0463. The lowest BCUT2D eigenvalue weighted by atomic mass is 10.2. The number of carbonyl (C=O) groups excluding carboxylic acids is 1. The van der Waals surface area contributed by atoms with Crippen molar-refractivity contribution in [3.8, 4) is 5.75 Å². The molecule has 0 fully saturated rings. The van der Waals surface area contributed by atoms with Crippen molar-refractivity contribution in [1.29, 1.82) is 0 Å². The maximum atomic E-state index is 12.8. The van der Waals surface area contributed by atoms with Crippen LogP contribution in [0.3, 0.4) is 0 Å². The minimum Gasteiger partial charge on any atom is -0.496 e. The molecule has 2 heterocycles. The van der Waals surface area contributed by atoms with E-state index in [1.165, 1.54) is 0 Å². The second kappa shape index (κ2) is 8.78. The van der Waals surface area contributed by atoms with E-state index in [1.54, 1.807) is 41.9 Å². The molecule has 3 aromatic rings. The van der Waals surface area contributed by atoms with Gasteiger partial charge in [-0.2, -0.15) is 0 Å². The van der Waals surface area contributed by atoms with Crippen LogP contribution in [0, 0.1) is 6.92 Å². The zero-order valence-corrected chi connectivity index (χ0v) is 16.3. The molecule has 0 unspecified atom stereocenters. The van der Waals surface area contributed by atoms with Crippen molar-refractivity contribution in [2.45, 2.75) is 20.0 Å². The molecule has 0 aliphatic carbocycles. The molecule has 1 aromatic carbocycles. The number of rotatable bonds is 7. The van der Waals surface area contributed by atoms with E-state index in [1.807, 2.05) is 59.0 Å². The molecule has 0 radical (unpaired) electrons. The normalized spacial score (nSPS) is 11.0. The Balaban J connectivity index is 1.80. The first-order valence-corrected chi connectivity index (χ1v) is 9.95. The molecule has 0 atom stereocenters. The first-order valence-electron chi connectivity index (χ1n) is 8.19. The van der Waals surface area contributed by atoms with E-state index in [4.69, 9.17) is 4.74 Å². The topological polar surface area (TPSA) is 42.4 Å². The van der Waals surface area contributed by atoms with Crippen LogP contribution in [0.5, 0.6) is 5.75 Å². The largest absolute Gasteiger partial charge is 0.496 e. The highest BCUT2D eigenvalue weighted by atomic mass is 32.1. The summed E-state index contributed by atoms with van der Waals surface area (Å²) in [7, 11) is 1.65. The molecule has 6 heteroatoms. The Hall–Kier alpha value is -2.44. The highest BCUT2D eigenvalue weighted by Crippen LogP contribution is 2.22. The average Bonchev–Trinajstić information content (AvgIpc) is 3.31. The van der Waals surface area contributed by atoms with E-state index in [2.05, 4.69) is 4.98 Å². The van der Waals surface area contributed by atoms with Crippen molar-refractivity contribution in [3.63, 3.8) is 0 Å². The molecule has 3 rings (SSSR count). The van der Waals surface area contributed by atoms with Gasteiger partial charge in [-0.1, -0.05) is 24.3 Å². The van der Waals surface area contributed by atoms with E-state index in [0.29, 0.717) is 13.1 Å². The summed E-state index contributed by atoms with van der Waals surface area (Å²) in [5, 5.41) is 4.96. The minimum atomic E-state index is -0.0463. The lowest BCUT2D eigenvalue weighted by molar-refractivity contribution is -0.127. The third-order valence-electron chi connectivity index (χ3n) is 3.83. The van der Waals surface area contributed by atoms with Crippen LogP contribution in [0.4, 0.5) is 0 Å². The van der Waals surface area contributed by atoms with Crippen LogP contribution >= 0.6 is 22.7 Å². The summed E-state index contributed by atoms with van der Waals surface area (Å²) in [5.74, 6) is 0.741. The number of carbonyl (C=O) groups is 1. The van der Waals surface area contributed by atoms with Crippen molar-refractivity contribution >= 4 is 34.7 Å². The molecule has 26 heavy (non-hydrogen) atoms. The maximum Gasteiger partial charge on any atom is 0.247 e. The summed E-state index contributed by atoms with van der Waals surface area (Å²) in [4.78, 5) is 20.2. The van der Waals surface area contributed by atoms with Gasteiger partial charge in [0.1, 0.15) is 5.75 Å². The fourth-order valence-electron chi connectivity index (χ4n) is 2.56. The van der Waals surface area contributed by atoms with Crippen LogP contribution in [-0.4, -0.2) is 22.9 Å². The van der Waals surface area contributed by atoms with Crippen molar-refractivity contribution in [3.05, 3.63) is 74.4 Å². The van der Waals surface area contributed by atoms with Gasteiger partial charge in [-0.05, 0) is 30.5 Å². The zero-order chi connectivity index (χ0) is 18.4. The van der Waals surface area contributed by atoms with E-state index in [-0.39, 0.29) is 5.91 Å². The Morgan fingerprint density at radius 3 is 2.73 bits per heavy atom. The summed E-state index contributed by atoms with van der Waals surface area (Å²) < 4.78 is 5.43. The second-order valence-electron chi connectivity index (χ2n) is 5.71. The summed E-state index contributed by atoms with van der Waals surface area (Å²) in [6, 6.07) is 11.8. The van der Waals surface area contributed by atoms with Gasteiger partial charge in [0.2, 0.25) is 5.91 Å². The van der Waals surface area contributed by atoms with Crippen molar-refractivity contribution < 1.29 is 9.53 Å². The van der Waals surface area contributed by atoms with Gasteiger partial charge in [0.25, 0.3) is 0 Å². The summed E-state index contributed by atoms with van der Waals surface area (Å²) in [5.41, 5.74) is 1.80. The summed E-state index contributed by atoms with van der Waals surface area (Å²) in [6.45, 7) is 3.00. The van der Waals surface area contributed by atoms with Crippen LogP contribution in [-0.2, 0) is 17.9 Å². The van der Waals surface area contributed by atoms with Gasteiger partial charge in [0.05, 0.1) is 24.4 Å². The summed E-state index contributed by atoms with van der Waals surface area (Å²) >= 11 is 3.22. The molecule has 0 aliphatic rings. The molecule has 2 aromatic heterocycles. The SMILES string of the molecule is COc1ccccc1CN(Cc1cccs1)C(=O)C=Cc1csc(C)n1. The molecule has 0 aliphatic heterocycles. The highest BCUT2D eigenvalue weighted by Gasteiger charge is 2.15. The lowest BCUT2D eigenvalue weighted by Gasteiger charge is -2.22. The third-order valence-corrected chi connectivity index (χ3v) is 5.48. The van der Waals surface area contributed by atoms with E-state index in [9.17, 15) is 4.79 Å². The van der Waals surface area contributed by atoms with Crippen molar-refractivity contribution in [1.82, 2.24) is 9.88 Å². The van der Waals surface area contributed by atoms with Crippen LogP contribution in [0.25, 0.3) is 6.08 Å². The number of hydrogen-bond donors (Lipinski definition) is 0. The number of nitrogens with zero attached hydrogens (tertiary/aromatic N) is 2. The Morgan fingerprint density at radius 1 is 1.19 bits per heavy atom. The lowest BCUT2D eigenvalue weighted by Crippen LogP contribution is -2.28. The molecule has 0 saturated carbocycles. The third kappa shape index (κ3) is 4.80. The van der Waals surface area contributed by atoms with Gasteiger partial charge in [-0.3, -0.25) is 4.79 Å². The number of benzene rings is 1.